The SMILES string of the molecule is c1cc2c(cc1CN1CCn3cnnc3C1)CCCN2. The number of aryl methyl sites for hydroxylation is 1. The van der Waals surface area contributed by atoms with E-state index in [9.17, 15) is 0 Å². The maximum absolute atomic E-state index is 4.18. The minimum Gasteiger partial charge on any atom is -0.385 e. The lowest BCUT2D eigenvalue weighted by Gasteiger charge is -2.27. The van der Waals surface area contributed by atoms with Crippen LogP contribution in [-0.2, 0) is 26.1 Å². The Morgan fingerprint density at radius 3 is 3.25 bits per heavy atom. The lowest BCUT2D eigenvalue weighted by Crippen LogP contribution is -2.33. The fraction of sp³-hybridized carbons (Fsp3) is 0.467. The maximum atomic E-state index is 4.18. The van der Waals surface area contributed by atoms with Crippen LogP contribution in [0.3, 0.4) is 0 Å². The van der Waals surface area contributed by atoms with Gasteiger partial charge in [-0.2, -0.15) is 0 Å². The van der Waals surface area contributed by atoms with Crippen LogP contribution in [0.15, 0.2) is 24.5 Å². The number of nitrogens with one attached hydrogen (secondary N) is 1. The van der Waals surface area contributed by atoms with Gasteiger partial charge in [0.2, 0.25) is 0 Å². The zero-order valence-corrected chi connectivity index (χ0v) is 11.5. The molecule has 0 aliphatic carbocycles. The van der Waals surface area contributed by atoms with Gasteiger partial charge in [0.25, 0.3) is 0 Å². The van der Waals surface area contributed by atoms with E-state index < -0.39 is 0 Å². The van der Waals surface area contributed by atoms with Crippen LogP contribution in [0.4, 0.5) is 5.69 Å². The van der Waals surface area contributed by atoms with Crippen LogP contribution < -0.4 is 5.32 Å². The first-order chi connectivity index (χ1) is 9.88. The first-order valence-corrected chi connectivity index (χ1v) is 7.33. The van der Waals surface area contributed by atoms with E-state index in [2.05, 4.69) is 43.2 Å². The van der Waals surface area contributed by atoms with Crippen LogP contribution >= 0.6 is 0 Å². The predicted octanol–water partition coefficient (Wildman–Crippen LogP) is 1.65. The third-order valence-electron chi connectivity index (χ3n) is 4.23. The molecular formula is C15H19N5. The van der Waals surface area contributed by atoms with Crippen LogP contribution in [0, 0.1) is 0 Å². The van der Waals surface area contributed by atoms with Crippen molar-refractivity contribution in [2.75, 3.05) is 18.4 Å². The third-order valence-corrected chi connectivity index (χ3v) is 4.23. The van der Waals surface area contributed by atoms with E-state index in [0.29, 0.717) is 0 Å². The van der Waals surface area contributed by atoms with E-state index in [0.717, 1.165) is 38.5 Å². The van der Waals surface area contributed by atoms with E-state index >= 15 is 0 Å². The highest BCUT2D eigenvalue weighted by atomic mass is 15.3. The van der Waals surface area contributed by atoms with Gasteiger partial charge in [0.15, 0.2) is 0 Å². The topological polar surface area (TPSA) is 46.0 Å². The number of hydrogen-bond donors (Lipinski definition) is 1. The zero-order valence-electron chi connectivity index (χ0n) is 11.5. The summed E-state index contributed by atoms with van der Waals surface area (Å²) in [7, 11) is 0. The number of hydrogen-bond acceptors (Lipinski definition) is 4. The highest BCUT2D eigenvalue weighted by Gasteiger charge is 2.18. The van der Waals surface area contributed by atoms with Gasteiger partial charge in [-0.3, -0.25) is 4.90 Å². The van der Waals surface area contributed by atoms with Gasteiger partial charge in [0.1, 0.15) is 12.2 Å². The lowest BCUT2D eigenvalue weighted by atomic mass is 10.0. The first kappa shape index (κ1) is 11.9. The number of benzene rings is 1. The summed E-state index contributed by atoms with van der Waals surface area (Å²) in [5.74, 6) is 1.08. The summed E-state index contributed by atoms with van der Waals surface area (Å²) < 4.78 is 2.15. The summed E-state index contributed by atoms with van der Waals surface area (Å²) >= 11 is 0. The van der Waals surface area contributed by atoms with E-state index in [1.54, 1.807) is 0 Å². The molecule has 0 amide bonds. The largest absolute Gasteiger partial charge is 0.385 e. The van der Waals surface area contributed by atoms with E-state index in [1.165, 1.54) is 29.7 Å². The van der Waals surface area contributed by atoms with Gasteiger partial charge in [0.05, 0.1) is 6.54 Å². The monoisotopic (exact) mass is 269 g/mol. The third kappa shape index (κ3) is 2.18. The summed E-state index contributed by atoms with van der Waals surface area (Å²) in [5, 5.41) is 11.6. The van der Waals surface area contributed by atoms with Crippen molar-refractivity contribution in [1.29, 1.82) is 0 Å². The molecule has 20 heavy (non-hydrogen) atoms. The Hall–Kier alpha value is -1.88. The van der Waals surface area contributed by atoms with Crippen molar-refractivity contribution in [2.45, 2.75) is 32.5 Å². The molecule has 2 aliphatic heterocycles. The van der Waals surface area contributed by atoms with Gasteiger partial charge in [-0.1, -0.05) is 12.1 Å². The molecule has 4 rings (SSSR count). The molecule has 0 saturated carbocycles. The van der Waals surface area contributed by atoms with Crippen LogP contribution in [-0.4, -0.2) is 32.8 Å². The molecule has 1 N–H and O–H groups in total. The van der Waals surface area contributed by atoms with E-state index in [4.69, 9.17) is 0 Å². The Morgan fingerprint density at radius 1 is 1.25 bits per heavy atom. The fourth-order valence-electron chi connectivity index (χ4n) is 3.14. The van der Waals surface area contributed by atoms with E-state index in [1.807, 2.05) is 6.33 Å². The molecule has 0 bridgehead atoms. The molecule has 0 saturated heterocycles. The van der Waals surface area contributed by atoms with Crippen molar-refractivity contribution in [3.8, 4) is 0 Å². The second kappa shape index (κ2) is 4.90. The summed E-state index contributed by atoms with van der Waals surface area (Å²) in [6.45, 7) is 5.07. The number of rotatable bonds is 2. The first-order valence-electron chi connectivity index (χ1n) is 7.33. The molecular weight excluding hydrogens is 250 g/mol. The molecule has 0 fully saturated rings. The van der Waals surface area contributed by atoms with Crippen molar-refractivity contribution < 1.29 is 0 Å². The minimum atomic E-state index is 0.898. The normalized spacial score (nSPS) is 18.2. The Bertz CT molecular complexity index is 618. The molecule has 1 aromatic heterocycles. The van der Waals surface area contributed by atoms with Gasteiger partial charge >= 0.3 is 0 Å². The highest BCUT2D eigenvalue weighted by Crippen LogP contribution is 2.24. The molecule has 104 valence electrons. The lowest BCUT2D eigenvalue weighted by molar-refractivity contribution is 0.209. The molecule has 2 aromatic rings. The van der Waals surface area contributed by atoms with Gasteiger partial charge < -0.3 is 9.88 Å². The van der Waals surface area contributed by atoms with Crippen LogP contribution in [0.2, 0.25) is 0 Å². The Balaban J connectivity index is 1.49. The quantitative estimate of drug-likeness (QED) is 0.900. The molecule has 3 heterocycles. The molecule has 5 nitrogen and oxygen atoms in total. The Kier molecular flexibility index (Phi) is 2.92. The molecule has 0 spiro atoms. The molecule has 5 heteroatoms. The Morgan fingerprint density at radius 2 is 2.25 bits per heavy atom. The smallest absolute Gasteiger partial charge is 0.147 e. The average molecular weight is 269 g/mol. The second-order valence-electron chi connectivity index (χ2n) is 5.67. The van der Waals surface area contributed by atoms with Crippen molar-refractivity contribution in [1.82, 2.24) is 19.7 Å². The Labute approximate surface area is 118 Å². The number of nitrogens with zero attached hydrogens (tertiary/aromatic N) is 4. The van der Waals surface area contributed by atoms with Gasteiger partial charge in [0, 0.05) is 31.9 Å². The van der Waals surface area contributed by atoms with Gasteiger partial charge in [-0.25, -0.2) is 0 Å². The summed E-state index contributed by atoms with van der Waals surface area (Å²) in [5.41, 5.74) is 4.19. The second-order valence-corrected chi connectivity index (χ2v) is 5.67. The standard InChI is InChI=1S/C15H19N5/c1-2-13-8-12(3-4-14(13)16-5-1)9-19-6-7-20-11-17-18-15(20)10-19/h3-4,8,11,16H,1-2,5-7,9-10H2. The summed E-state index contributed by atoms with van der Waals surface area (Å²) in [6.07, 6.45) is 4.27. The van der Waals surface area contributed by atoms with Crippen molar-refractivity contribution in [3.05, 3.63) is 41.5 Å². The molecule has 1 aromatic carbocycles. The highest BCUT2D eigenvalue weighted by molar-refractivity contribution is 5.54. The number of anilines is 1. The number of aromatic nitrogens is 3. The molecule has 0 atom stereocenters. The summed E-state index contributed by atoms with van der Waals surface area (Å²) in [4.78, 5) is 2.45. The maximum Gasteiger partial charge on any atom is 0.147 e. The van der Waals surface area contributed by atoms with Crippen LogP contribution in [0.1, 0.15) is 23.4 Å². The minimum absolute atomic E-state index is 0.898. The van der Waals surface area contributed by atoms with E-state index in [-0.39, 0.29) is 0 Å². The van der Waals surface area contributed by atoms with Crippen molar-refractivity contribution in [2.24, 2.45) is 0 Å². The molecule has 0 radical (unpaired) electrons. The van der Waals surface area contributed by atoms with Crippen LogP contribution in [0.5, 0.6) is 0 Å². The molecule has 2 aliphatic rings. The van der Waals surface area contributed by atoms with Crippen LogP contribution in [0.25, 0.3) is 0 Å². The molecule has 0 unspecified atom stereocenters. The predicted molar refractivity (Wildman–Crippen MR) is 77.4 cm³/mol. The van der Waals surface area contributed by atoms with Gasteiger partial charge in [-0.15, -0.1) is 10.2 Å². The van der Waals surface area contributed by atoms with Gasteiger partial charge in [-0.05, 0) is 30.0 Å². The van der Waals surface area contributed by atoms with Crippen molar-refractivity contribution in [3.63, 3.8) is 0 Å². The zero-order chi connectivity index (χ0) is 13.4. The average Bonchev–Trinajstić information content (AvgIpc) is 2.95. The summed E-state index contributed by atoms with van der Waals surface area (Å²) in [6, 6.07) is 6.84. The van der Waals surface area contributed by atoms with Crippen molar-refractivity contribution >= 4 is 5.69 Å². The number of fused-ring (bicyclic) bond motifs is 2. The fourth-order valence-corrected chi connectivity index (χ4v) is 3.14.